The first kappa shape index (κ1) is 16.5. The number of nitrogens with one attached hydrogen (secondary N) is 1. The highest BCUT2D eigenvalue weighted by Crippen LogP contribution is 2.25. The molecule has 3 nitrogen and oxygen atoms in total. The lowest BCUT2D eigenvalue weighted by molar-refractivity contribution is 0.0881. The molecular formula is C18H31N3. The van der Waals surface area contributed by atoms with Crippen molar-refractivity contribution in [2.75, 3.05) is 46.3 Å². The Balaban J connectivity index is 1.81. The van der Waals surface area contributed by atoms with Crippen LogP contribution < -0.4 is 5.32 Å². The summed E-state index contributed by atoms with van der Waals surface area (Å²) in [5.41, 5.74) is 1.47. The summed E-state index contributed by atoms with van der Waals surface area (Å²) >= 11 is 0. The van der Waals surface area contributed by atoms with E-state index in [1.807, 2.05) is 0 Å². The molecule has 1 aliphatic rings. The molecule has 1 atom stereocenters. The van der Waals surface area contributed by atoms with Gasteiger partial charge in [-0.3, -0.25) is 4.90 Å². The fraction of sp³-hybridized carbons (Fsp3) is 0.667. The van der Waals surface area contributed by atoms with Gasteiger partial charge in [0.25, 0.3) is 0 Å². The van der Waals surface area contributed by atoms with Crippen LogP contribution in [0.25, 0.3) is 0 Å². The minimum Gasteiger partial charge on any atom is -0.317 e. The van der Waals surface area contributed by atoms with Gasteiger partial charge in [-0.05, 0) is 45.1 Å². The molecule has 21 heavy (non-hydrogen) atoms. The third kappa shape index (κ3) is 5.42. The monoisotopic (exact) mass is 289 g/mol. The normalized spacial score (nSPS) is 20.8. The SMILES string of the molecule is CCNCCCCCN1CCN(C)CC1c1ccccc1. The molecule has 0 amide bonds. The molecule has 0 radical (unpaired) electrons. The molecule has 118 valence electrons. The van der Waals surface area contributed by atoms with Crippen molar-refractivity contribution in [2.24, 2.45) is 0 Å². The number of benzene rings is 1. The Bertz CT molecular complexity index is 379. The van der Waals surface area contributed by atoms with Crippen LogP contribution in [0.3, 0.4) is 0 Å². The Morgan fingerprint density at radius 2 is 1.90 bits per heavy atom. The topological polar surface area (TPSA) is 18.5 Å². The summed E-state index contributed by atoms with van der Waals surface area (Å²) in [6, 6.07) is 11.6. The number of piperazine rings is 1. The molecule has 1 unspecified atom stereocenters. The van der Waals surface area contributed by atoms with Gasteiger partial charge in [-0.25, -0.2) is 0 Å². The van der Waals surface area contributed by atoms with Crippen LogP contribution in [0.1, 0.15) is 37.8 Å². The zero-order valence-corrected chi connectivity index (χ0v) is 13.7. The van der Waals surface area contributed by atoms with E-state index in [1.54, 1.807) is 0 Å². The van der Waals surface area contributed by atoms with Crippen LogP contribution in [0, 0.1) is 0 Å². The highest BCUT2D eigenvalue weighted by Gasteiger charge is 2.25. The Hall–Kier alpha value is -0.900. The number of hydrogen-bond acceptors (Lipinski definition) is 3. The summed E-state index contributed by atoms with van der Waals surface area (Å²) in [7, 11) is 2.24. The predicted octanol–water partition coefficient (Wildman–Crippen LogP) is 2.75. The maximum Gasteiger partial charge on any atom is 0.0475 e. The molecule has 1 fully saturated rings. The van der Waals surface area contributed by atoms with Crippen molar-refractivity contribution in [2.45, 2.75) is 32.2 Å². The molecule has 0 bridgehead atoms. The van der Waals surface area contributed by atoms with Crippen LogP contribution in [0.5, 0.6) is 0 Å². The van der Waals surface area contributed by atoms with Crippen molar-refractivity contribution in [1.29, 1.82) is 0 Å². The Kier molecular flexibility index (Phi) is 7.20. The zero-order valence-electron chi connectivity index (χ0n) is 13.7. The van der Waals surface area contributed by atoms with Gasteiger partial charge in [-0.15, -0.1) is 0 Å². The van der Waals surface area contributed by atoms with Crippen molar-refractivity contribution < 1.29 is 0 Å². The first-order chi connectivity index (χ1) is 10.3. The molecular weight excluding hydrogens is 258 g/mol. The molecule has 1 heterocycles. The molecule has 1 N–H and O–H groups in total. The molecule has 3 heteroatoms. The second-order valence-electron chi connectivity index (χ2n) is 6.14. The molecule has 1 aromatic carbocycles. The van der Waals surface area contributed by atoms with Crippen LogP contribution in [0.2, 0.25) is 0 Å². The lowest BCUT2D eigenvalue weighted by atomic mass is 10.0. The van der Waals surface area contributed by atoms with Gasteiger partial charge in [0, 0.05) is 25.7 Å². The van der Waals surface area contributed by atoms with E-state index in [4.69, 9.17) is 0 Å². The van der Waals surface area contributed by atoms with Crippen LogP contribution >= 0.6 is 0 Å². The smallest absolute Gasteiger partial charge is 0.0475 e. The summed E-state index contributed by atoms with van der Waals surface area (Å²) in [4.78, 5) is 5.14. The molecule has 0 saturated carbocycles. The first-order valence-corrected chi connectivity index (χ1v) is 8.49. The van der Waals surface area contributed by atoms with Gasteiger partial charge in [-0.1, -0.05) is 43.7 Å². The number of nitrogens with zero attached hydrogens (tertiary/aromatic N) is 2. The third-order valence-corrected chi connectivity index (χ3v) is 4.43. The van der Waals surface area contributed by atoms with Gasteiger partial charge < -0.3 is 10.2 Å². The fourth-order valence-corrected chi connectivity index (χ4v) is 3.13. The number of hydrogen-bond donors (Lipinski definition) is 1. The van der Waals surface area contributed by atoms with Crippen molar-refractivity contribution in [3.63, 3.8) is 0 Å². The van der Waals surface area contributed by atoms with E-state index in [9.17, 15) is 0 Å². The van der Waals surface area contributed by atoms with E-state index in [0.29, 0.717) is 6.04 Å². The molecule has 0 aromatic heterocycles. The summed E-state index contributed by atoms with van der Waals surface area (Å²) in [6.45, 7) is 9.22. The van der Waals surface area contributed by atoms with Gasteiger partial charge in [0.2, 0.25) is 0 Å². The van der Waals surface area contributed by atoms with Crippen LogP contribution in [0.15, 0.2) is 30.3 Å². The largest absolute Gasteiger partial charge is 0.317 e. The average Bonchev–Trinajstić information content (AvgIpc) is 2.53. The minimum atomic E-state index is 0.568. The van der Waals surface area contributed by atoms with Gasteiger partial charge in [-0.2, -0.15) is 0 Å². The Morgan fingerprint density at radius 3 is 2.67 bits per heavy atom. The molecule has 1 aromatic rings. The van der Waals surface area contributed by atoms with E-state index >= 15 is 0 Å². The Morgan fingerprint density at radius 1 is 1.10 bits per heavy atom. The van der Waals surface area contributed by atoms with Gasteiger partial charge in [0.05, 0.1) is 0 Å². The summed E-state index contributed by atoms with van der Waals surface area (Å²) in [6.07, 6.45) is 3.96. The quantitative estimate of drug-likeness (QED) is 0.742. The zero-order chi connectivity index (χ0) is 14.9. The van der Waals surface area contributed by atoms with E-state index in [1.165, 1.54) is 51.0 Å². The van der Waals surface area contributed by atoms with Crippen molar-refractivity contribution in [3.05, 3.63) is 35.9 Å². The lowest BCUT2D eigenvalue weighted by Gasteiger charge is -2.40. The second-order valence-corrected chi connectivity index (χ2v) is 6.14. The summed E-state index contributed by atoms with van der Waals surface area (Å²) in [5.74, 6) is 0. The fourth-order valence-electron chi connectivity index (χ4n) is 3.13. The molecule has 2 rings (SSSR count). The highest BCUT2D eigenvalue weighted by atomic mass is 15.3. The van der Waals surface area contributed by atoms with Crippen molar-refractivity contribution >= 4 is 0 Å². The summed E-state index contributed by atoms with van der Waals surface area (Å²) < 4.78 is 0. The predicted molar refractivity (Wildman–Crippen MR) is 90.6 cm³/mol. The van der Waals surface area contributed by atoms with E-state index in [-0.39, 0.29) is 0 Å². The van der Waals surface area contributed by atoms with Gasteiger partial charge in [0.15, 0.2) is 0 Å². The second kappa shape index (κ2) is 9.19. The Labute approximate surface area is 130 Å². The minimum absolute atomic E-state index is 0.568. The third-order valence-electron chi connectivity index (χ3n) is 4.43. The molecule has 1 aliphatic heterocycles. The molecule has 0 spiro atoms. The van der Waals surface area contributed by atoms with Crippen LogP contribution in [-0.4, -0.2) is 56.1 Å². The maximum atomic E-state index is 3.41. The van der Waals surface area contributed by atoms with E-state index in [2.05, 4.69) is 59.4 Å². The van der Waals surface area contributed by atoms with Gasteiger partial charge >= 0.3 is 0 Å². The van der Waals surface area contributed by atoms with Crippen LogP contribution in [-0.2, 0) is 0 Å². The maximum absolute atomic E-state index is 3.41. The van der Waals surface area contributed by atoms with E-state index < -0.39 is 0 Å². The standard InChI is InChI=1S/C18H31N3/c1-3-19-12-8-5-9-13-21-15-14-20(2)16-18(21)17-10-6-4-7-11-17/h4,6-7,10-11,18-19H,3,5,8-9,12-16H2,1-2H3. The van der Waals surface area contributed by atoms with Crippen molar-refractivity contribution in [3.8, 4) is 0 Å². The first-order valence-electron chi connectivity index (χ1n) is 8.49. The molecule has 0 aliphatic carbocycles. The summed E-state index contributed by atoms with van der Waals surface area (Å²) in [5, 5.41) is 3.41. The number of likely N-dealkylation sites (N-methyl/N-ethyl adjacent to an activating group) is 1. The van der Waals surface area contributed by atoms with Gasteiger partial charge in [0.1, 0.15) is 0 Å². The van der Waals surface area contributed by atoms with Crippen molar-refractivity contribution in [1.82, 2.24) is 15.1 Å². The van der Waals surface area contributed by atoms with E-state index in [0.717, 1.165) is 13.1 Å². The van der Waals surface area contributed by atoms with Crippen LogP contribution in [0.4, 0.5) is 0 Å². The average molecular weight is 289 g/mol. The highest BCUT2D eigenvalue weighted by molar-refractivity contribution is 5.20. The lowest BCUT2D eigenvalue weighted by Crippen LogP contribution is -2.47. The number of rotatable bonds is 8. The number of unbranched alkanes of at least 4 members (excludes halogenated alkanes) is 2. The molecule has 1 saturated heterocycles.